The first kappa shape index (κ1) is 25.0. The van der Waals surface area contributed by atoms with E-state index in [0.717, 1.165) is 10.9 Å². The van der Waals surface area contributed by atoms with Gasteiger partial charge in [0, 0.05) is 35.4 Å². The van der Waals surface area contributed by atoms with E-state index in [1.807, 2.05) is 0 Å². The molecule has 2 aromatic heterocycles. The maximum atomic E-state index is 12.5. The summed E-state index contributed by atoms with van der Waals surface area (Å²) in [5.41, 5.74) is 1.85. The highest BCUT2D eigenvalue weighted by atomic mass is 16.5. The minimum Gasteiger partial charge on any atom is -0.493 e. The molecule has 1 aromatic carbocycles. The molecule has 0 aliphatic carbocycles. The van der Waals surface area contributed by atoms with E-state index in [-0.39, 0.29) is 36.2 Å². The molecule has 34 heavy (non-hydrogen) atoms. The van der Waals surface area contributed by atoms with E-state index in [4.69, 9.17) is 13.9 Å². The van der Waals surface area contributed by atoms with E-state index < -0.39 is 0 Å². The summed E-state index contributed by atoms with van der Waals surface area (Å²) >= 11 is 0. The molecule has 0 atom stereocenters. The number of hydrogen-bond acceptors (Lipinski definition) is 8. The Hall–Kier alpha value is -3.66. The van der Waals surface area contributed by atoms with Crippen LogP contribution in [0.15, 0.2) is 22.7 Å². The minimum absolute atomic E-state index is 0.102. The zero-order chi connectivity index (χ0) is 25.0. The van der Waals surface area contributed by atoms with Crippen molar-refractivity contribution in [1.29, 1.82) is 0 Å². The van der Waals surface area contributed by atoms with Gasteiger partial charge in [0.25, 0.3) is 0 Å². The summed E-state index contributed by atoms with van der Waals surface area (Å²) in [6.07, 6.45) is 1.88. The normalized spacial score (nSPS) is 11.2. The van der Waals surface area contributed by atoms with Gasteiger partial charge in [0.05, 0.1) is 14.2 Å². The summed E-state index contributed by atoms with van der Waals surface area (Å²) in [6, 6.07) is 3.54. The second-order valence-corrected chi connectivity index (χ2v) is 8.42. The summed E-state index contributed by atoms with van der Waals surface area (Å²) < 4.78 is 16.7. The number of amides is 2. The van der Waals surface area contributed by atoms with Crippen molar-refractivity contribution in [2.75, 3.05) is 24.9 Å². The SMILES string of the molecule is COc1cc(Cc2cnc(NC(=O)C(C)C)nc2NC(=O)C(C)C)c2cc(CO)oc2c1OC. The quantitative estimate of drug-likeness (QED) is 0.432. The van der Waals surface area contributed by atoms with Gasteiger partial charge in [0.2, 0.25) is 23.5 Å². The molecule has 3 N–H and O–H groups in total. The molecule has 0 fully saturated rings. The van der Waals surface area contributed by atoms with Crippen LogP contribution >= 0.6 is 0 Å². The van der Waals surface area contributed by atoms with Gasteiger partial charge in [0.15, 0.2) is 11.3 Å². The highest BCUT2D eigenvalue weighted by Gasteiger charge is 2.21. The minimum atomic E-state index is -0.275. The van der Waals surface area contributed by atoms with Crippen molar-refractivity contribution >= 4 is 34.5 Å². The van der Waals surface area contributed by atoms with Crippen molar-refractivity contribution in [2.45, 2.75) is 40.7 Å². The molecule has 2 heterocycles. The number of benzene rings is 1. The fourth-order valence-electron chi connectivity index (χ4n) is 3.26. The highest BCUT2D eigenvalue weighted by Crippen LogP contribution is 2.40. The number of ether oxygens (including phenoxy) is 2. The maximum Gasteiger partial charge on any atom is 0.231 e. The Morgan fingerprint density at radius 1 is 1.03 bits per heavy atom. The van der Waals surface area contributed by atoms with Gasteiger partial charge in [0.1, 0.15) is 18.2 Å². The first-order valence-electron chi connectivity index (χ1n) is 10.9. The summed E-state index contributed by atoms with van der Waals surface area (Å²) in [7, 11) is 3.03. The molecular weight excluding hydrogens is 440 g/mol. The molecule has 2 amide bonds. The molecule has 3 rings (SSSR count). The summed E-state index contributed by atoms with van der Waals surface area (Å²) in [5, 5.41) is 15.8. The average Bonchev–Trinajstić information content (AvgIpc) is 3.24. The number of anilines is 2. The zero-order valence-corrected chi connectivity index (χ0v) is 20.2. The Kier molecular flexibility index (Phi) is 7.72. The number of rotatable bonds is 9. The molecule has 10 nitrogen and oxygen atoms in total. The number of aliphatic hydroxyl groups is 1. The number of nitrogens with zero attached hydrogens (tertiary/aromatic N) is 2. The number of carbonyl (C=O) groups excluding carboxylic acids is 2. The first-order chi connectivity index (χ1) is 16.2. The Bertz CT molecular complexity index is 1200. The van der Waals surface area contributed by atoms with Crippen molar-refractivity contribution in [3.8, 4) is 11.5 Å². The van der Waals surface area contributed by atoms with Crippen LogP contribution in [0.2, 0.25) is 0 Å². The van der Waals surface area contributed by atoms with E-state index in [0.29, 0.717) is 40.6 Å². The fraction of sp³-hybridized carbons (Fsp3) is 0.417. The standard InChI is InChI=1S/C24H30N4O6/c1-12(2)22(30)26-21-15(10-25-24(27-21)28-23(31)13(3)4)7-14-8-18(32-5)20(33-6)19-17(14)9-16(11-29)34-19/h8-10,12-13,29H,7,11H2,1-6H3,(H2,25,26,27,28,30,31). The third-order valence-corrected chi connectivity index (χ3v) is 5.22. The lowest BCUT2D eigenvalue weighted by molar-refractivity contribution is -0.119. The van der Waals surface area contributed by atoms with Gasteiger partial charge in [-0.25, -0.2) is 4.98 Å². The maximum absolute atomic E-state index is 12.5. The molecule has 0 spiro atoms. The van der Waals surface area contributed by atoms with Crippen LogP contribution in [-0.4, -0.2) is 41.1 Å². The number of nitrogens with one attached hydrogen (secondary N) is 2. The smallest absolute Gasteiger partial charge is 0.231 e. The topological polar surface area (TPSA) is 136 Å². The van der Waals surface area contributed by atoms with Gasteiger partial charge >= 0.3 is 0 Å². The first-order valence-corrected chi connectivity index (χ1v) is 10.9. The van der Waals surface area contributed by atoms with Gasteiger partial charge in [-0.2, -0.15) is 4.98 Å². The van der Waals surface area contributed by atoms with Crippen LogP contribution in [0.5, 0.6) is 11.5 Å². The summed E-state index contributed by atoms with van der Waals surface area (Å²) in [6.45, 7) is 6.80. The van der Waals surface area contributed by atoms with Crippen LogP contribution in [-0.2, 0) is 22.6 Å². The van der Waals surface area contributed by atoms with Crippen molar-refractivity contribution in [1.82, 2.24) is 9.97 Å². The molecule has 0 radical (unpaired) electrons. The van der Waals surface area contributed by atoms with Crippen molar-refractivity contribution in [3.05, 3.63) is 35.2 Å². The second-order valence-electron chi connectivity index (χ2n) is 8.42. The van der Waals surface area contributed by atoms with Crippen LogP contribution in [0.4, 0.5) is 11.8 Å². The Balaban J connectivity index is 2.09. The largest absolute Gasteiger partial charge is 0.493 e. The van der Waals surface area contributed by atoms with E-state index >= 15 is 0 Å². The third-order valence-electron chi connectivity index (χ3n) is 5.22. The van der Waals surface area contributed by atoms with Crippen LogP contribution < -0.4 is 20.1 Å². The number of hydrogen-bond donors (Lipinski definition) is 3. The molecule has 10 heteroatoms. The lowest BCUT2D eigenvalue weighted by Gasteiger charge is -2.15. The molecule has 0 saturated carbocycles. The fourth-order valence-corrected chi connectivity index (χ4v) is 3.26. The van der Waals surface area contributed by atoms with Crippen molar-refractivity contribution in [2.24, 2.45) is 11.8 Å². The van der Waals surface area contributed by atoms with Crippen LogP contribution in [0.25, 0.3) is 11.0 Å². The molecule has 0 unspecified atom stereocenters. The third kappa shape index (κ3) is 5.28. The molecule has 0 bridgehead atoms. The molecule has 3 aromatic rings. The highest BCUT2D eigenvalue weighted by molar-refractivity contribution is 5.94. The lowest BCUT2D eigenvalue weighted by Crippen LogP contribution is -2.22. The number of methoxy groups -OCH3 is 2. The molecule has 0 saturated heterocycles. The summed E-state index contributed by atoms with van der Waals surface area (Å²) in [5.74, 6) is 0.667. The van der Waals surface area contributed by atoms with Gasteiger partial charge in [-0.15, -0.1) is 0 Å². The van der Waals surface area contributed by atoms with E-state index in [2.05, 4.69) is 20.6 Å². The number of aliphatic hydroxyl groups excluding tert-OH is 1. The van der Waals surface area contributed by atoms with E-state index in [1.54, 1.807) is 46.0 Å². The summed E-state index contributed by atoms with van der Waals surface area (Å²) in [4.78, 5) is 33.2. The number of carbonyl (C=O) groups is 2. The predicted octanol–water partition coefficient (Wildman–Crippen LogP) is 3.51. The lowest BCUT2D eigenvalue weighted by atomic mass is 10.0. The Morgan fingerprint density at radius 2 is 1.71 bits per heavy atom. The van der Waals surface area contributed by atoms with E-state index in [9.17, 15) is 14.7 Å². The Labute approximate surface area is 197 Å². The van der Waals surface area contributed by atoms with E-state index in [1.165, 1.54) is 14.2 Å². The second kappa shape index (κ2) is 10.5. The zero-order valence-electron chi connectivity index (χ0n) is 20.2. The molecule has 0 aliphatic rings. The van der Waals surface area contributed by atoms with Crippen LogP contribution in [0.3, 0.4) is 0 Å². The Morgan fingerprint density at radius 3 is 2.29 bits per heavy atom. The van der Waals surface area contributed by atoms with Crippen LogP contribution in [0, 0.1) is 11.8 Å². The van der Waals surface area contributed by atoms with Crippen LogP contribution in [0.1, 0.15) is 44.6 Å². The number of furan rings is 1. The monoisotopic (exact) mass is 470 g/mol. The van der Waals surface area contributed by atoms with Crippen molar-refractivity contribution in [3.63, 3.8) is 0 Å². The van der Waals surface area contributed by atoms with Gasteiger partial charge in [-0.05, 0) is 17.7 Å². The molecule has 182 valence electrons. The molecule has 0 aliphatic heterocycles. The number of fused-ring (bicyclic) bond motifs is 1. The van der Waals surface area contributed by atoms with Gasteiger partial charge in [-0.1, -0.05) is 27.7 Å². The van der Waals surface area contributed by atoms with Crippen molar-refractivity contribution < 1.29 is 28.6 Å². The number of aromatic nitrogens is 2. The average molecular weight is 471 g/mol. The predicted molar refractivity (Wildman–Crippen MR) is 127 cm³/mol. The van der Waals surface area contributed by atoms with Gasteiger partial charge in [-0.3, -0.25) is 14.9 Å². The van der Waals surface area contributed by atoms with Gasteiger partial charge < -0.3 is 24.3 Å². The molecular formula is C24H30N4O6.